The van der Waals surface area contributed by atoms with Gasteiger partial charge in [-0.05, 0) is 122 Å². The third-order valence-corrected chi connectivity index (χ3v) is 13.2. The van der Waals surface area contributed by atoms with Crippen LogP contribution in [-0.4, -0.2) is 4.57 Å². The van der Waals surface area contributed by atoms with E-state index in [1.807, 2.05) is 0 Å². The maximum atomic E-state index is 2.46. The van der Waals surface area contributed by atoms with Gasteiger partial charge in [-0.25, -0.2) is 0 Å². The maximum absolute atomic E-state index is 2.46. The molecule has 0 N–H and O–H groups in total. The molecule has 0 unspecified atom stereocenters. The minimum atomic E-state index is 1.09. The molecule has 12 aromatic rings. The second-order valence-electron chi connectivity index (χ2n) is 17.3. The lowest BCUT2D eigenvalue weighted by molar-refractivity contribution is 1.18. The highest BCUT2D eigenvalue weighted by Gasteiger charge is 2.18. The molecular weight excluding hydrogens is 821 g/mol. The molecule has 320 valence electrons. The Labute approximate surface area is 397 Å². The molecule has 11 aromatic carbocycles. The van der Waals surface area contributed by atoms with Gasteiger partial charge in [0.1, 0.15) is 0 Å². The molecule has 0 saturated carbocycles. The topological polar surface area (TPSA) is 8.17 Å². The zero-order chi connectivity index (χ0) is 45.2. The maximum Gasteiger partial charge on any atom is 0.0547 e. The zero-order valence-electron chi connectivity index (χ0n) is 37.5. The minimum Gasteiger partial charge on any atom is -0.311 e. The first-order chi connectivity index (χ1) is 33.7. The van der Waals surface area contributed by atoms with E-state index in [1.165, 1.54) is 83.0 Å². The molecule has 0 saturated heterocycles. The van der Waals surface area contributed by atoms with Crippen LogP contribution in [0.25, 0.3) is 94.3 Å². The molecule has 0 atom stereocenters. The summed E-state index contributed by atoms with van der Waals surface area (Å²) in [6, 6.07) is 101. The Morgan fingerprint density at radius 1 is 0.221 bits per heavy atom. The quantitative estimate of drug-likeness (QED) is 0.133. The molecule has 0 fully saturated rings. The van der Waals surface area contributed by atoms with Crippen molar-refractivity contribution in [2.45, 2.75) is 0 Å². The minimum absolute atomic E-state index is 1.09. The SMILES string of the molecule is c1ccc(-c2ccc(N(c3ccc(-c4ccccc4)cc3)c3ccc(-c4ccc(-c5ccccc5-n5c6ccc(-c7ccccc7)cc6c6ccc(-c7ccccc7)cc65)cc4)cc3)cc2)cc1. The average Bonchev–Trinajstić information content (AvgIpc) is 3.75. The molecule has 0 radical (unpaired) electrons. The molecule has 1 aromatic heterocycles. The van der Waals surface area contributed by atoms with Crippen molar-refractivity contribution in [2.75, 3.05) is 4.90 Å². The van der Waals surface area contributed by atoms with Crippen LogP contribution in [0.2, 0.25) is 0 Å². The van der Waals surface area contributed by atoms with Crippen LogP contribution in [0.4, 0.5) is 17.1 Å². The van der Waals surface area contributed by atoms with Crippen molar-refractivity contribution >= 4 is 38.9 Å². The summed E-state index contributed by atoms with van der Waals surface area (Å²) in [6.45, 7) is 0. The van der Waals surface area contributed by atoms with Crippen molar-refractivity contribution in [3.8, 4) is 72.4 Å². The molecule has 2 nitrogen and oxygen atoms in total. The fourth-order valence-electron chi connectivity index (χ4n) is 9.77. The summed E-state index contributed by atoms with van der Waals surface area (Å²) in [4.78, 5) is 2.34. The fraction of sp³-hybridized carbons (Fsp3) is 0. The van der Waals surface area contributed by atoms with Crippen LogP contribution in [0, 0.1) is 0 Å². The second-order valence-corrected chi connectivity index (χ2v) is 17.3. The van der Waals surface area contributed by atoms with E-state index < -0.39 is 0 Å². The Morgan fingerprint density at radius 2 is 0.559 bits per heavy atom. The summed E-state index contributed by atoms with van der Waals surface area (Å²) >= 11 is 0. The third-order valence-electron chi connectivity index (χ3n) is 13.2. The molecule has 0 spiro atoms. The van der Waals surface area contributed by atoms with E-state index in [2.05, 4.69) is 289 Å². The highest BCUT2D eigenvalue weighted by molar-refractivity contribution is 6.12. The first kappa shape index (κ1) is 40.5. The average molecular weight is 867 g/mol. The number of benzene rings is 11. The van der Waals surface area contributed by atoms with Gasteiger partial charge >= 0.3 is 0 Å². The summed E-state index contributed by atoms with van der Waals surface area (Å²) < 4.78 is 2.46. The van der Waals surface area contributed by atoms with Crippen molar-refractivity contribution in [1.29, 1.82) is 0 Å². The Bertz CT molecular complexity index is 3570. The zero-order valence-corrected chi connectivity index (χ0v) is 37.5. The molecule has 0 bridgehead atoms. The van der Waals surface area contributed by atoms with E-state index in [-0.39, 0.29) is 0 Å². The Balaban J connectivity index is 0.894. The van der Waals surface area contributed by atoms with Crippen molar-refractivity contribution in [1.82, 2.24) is 4.57 Å². The number of nitrogens with zero attached hydrogens (tertiary/aromatic N) is 2. The van der Waals surface area contributed by atoms with Crippen LogP contribution in [0.3, 0.4) is 0 Å². The summed E-state index contributed by atoms with van der Waals surface area (Å²) in [5.41, 5.74) is 21.1. The number of anilines is 3. The number of hydrogen-bond donors (Lipinski definition) is 0. The third kappa shape index (κ3) is 7.74. The highest BCUT2D eigenvalue weighted by atomic mass is 15.1. The number of fused-ring (bicyclic) bond motifs is 3. The predicted molar refractivity (Wildman–Crippen MR) is 288 cm³/mol. The Kier molecular flexibility index (Phi) is 10.6. The molecule has 0 aliphatic heterocycles. The Morgan fingerprint density at radius 3 is 1.03 bits per heavy atom. The van der Waals surface area contributed by atoms with Gasteiger partial charge in [-0.3, -0.25) is 0 Å². The van der Waals surface area contributed by atoms with Crippen molar-refractivity contribution in [3.63, 3.8) is 0 Å². The second kappa shape index (κ2) is 17.8. The summed E-state index contributed by atoms with van der Waals surface area (Å²) in [6.07, 6.45) is 0. The lowest BCUT2D eigenvalue weighted by Gasteiger charge is -2.26. The Hall–Kier alpha value is -8.98. The summed E-state index contributed by atoms with van der Waals surface area (Å²) in [7, 11) is 0. The first-order valence-electron chi connectivity index (χ1n) is 23.3. The molecule has 2 heteroatoms. The van der Waals surface area contributed by atoms with Crippen LogP contribution in [-0.2, 0) is 0 Å². The standard InChI is InChI=1S/C66H46N2/c1-5-15-47(16-6-1)52-29-37-58(38-30-52)67(59-39-31-53(32-40-59)48-17-7-2-8-18-48)60-41-33-54(34-42-60)51-25-27-55(28-26-51)61-23-13-14-24-64(61)68-65-44-36-56(49-19-9-3-10-20-49)45-63(65)62-43-35-57(46-66(62)68)50-21-11-4-12-22-50/h1-46H. The number of para-hydroxylation sites is 1. The first-order valence-corrected chi connectivity index (χ1v) is 23.3. The predicted octanol–water partition coefficient (Wildman–Crippen LogP) is 18.3. The van der Waals surface area contributed by atoms with Gasteiger partial charge in [0.05, 0.1) is 16.7 Å². The normalized spacial score (nSPS) is 11.2. The van der Waals surface area contributed by atoms with Gasteiger partial charge in [-0.1, -0.05) is 218 Å². The van der Waals surface area contributed by atoms with E-state index in [0.29, 0.717) is 0 Å². The molecule has 0 aliphatic rings. The molecule has 0 amide bonds. The summed E-state index contributed by atoms with van der Waals surface area (Å²) in [5.74, 6) is 0. The van der Waals surface area contributed by atoms with Crippen LogP contribution < -0.4 is 4.90 Å². The van der Waals surface area contributed by atoms with Crippen molar-refractivity contribution in [2.24, 2.45) is 0 Å². The van der Waals surface area contributed by atoms with Crippen molar-refractivity contribution < 1.29 is 0 Å². The van der Waals surface area contributed by atoms with E-state index in [9.17, 15) is 0 Å². The van der Waals surface area contributed by atoms with Gasteiger partial charge in [-0.2, -0.15) is 0 Å². The van der Waals surface area contributed by atoms with Gasteiger partial charge in [0, 0.05) is 33.4 Å². The monoisotopic (exact) mass is 866 g/mol. The number of hydrogen-bond acceptors (Lipinski definition) is 1. The van der Waals surface area contributed by atoms with E-state index in [1.54, 1.807) is 0 Å². The van der Waals surface area contributed by atoms with Gasteiger partial charge in [0.25, 0.3) is 0 Å². The van der Waals surface area contributed by atoms with Crippen LogP contribution in [0.5, 0.6) is 0 Å². The largest absolute Gasteiger partial charge is 0.311 e. The van der Waals surface area contributed by atoms with Crippen molar-refractivity contribution in [3.05, 3.63) is 279 Å². The van der Waals surface area contributed by atoms with Crippen LogP contribution in [0.1, 0.15) is 0 Å². The lowest BCUT2D eigenvalue weighted by Crippen LogP contribution is -2.09. The summed E-state index contributed by atoms with van der Waals surface area (Å²) in [5, 5.41) is 2.47. The fourth-order valence-corrected chi connectivity index (χ4v) is 9.77. The molecular formula is C66H46N2. The molecule has 68 heavy (non-hydrogen) atoms. The van der Waals surface area contributed by atoms with Gasteiger partial charge < -0.3 is 9.47 Å². The van der Waals surface area contributed by atoms with Crippen LogP contribution in [0.15, 0.2) is 279 Å². The van der Waals surface area contributed by atoms with E-state index in [0.717, 1.165) is 28.3 Å². The van der Waals surface area contributed by atoms with Gasteiger partial charge in [0.2, 0.25) is 0 Å². The smallest absolute Gasteiger partial charge is 0.0547 e. The highest BCUT2D eigenvalue weighted by Crippen LogP contribution is 2.41. The number of aromatic nitrogens is 1. The molecule has 1 heterocycles. The molecule has 0 aliphatic carbocycles. The number of rotatable bonds is 10. The van der Waals surface area contributed by atoms with Crippen LogP contribution >= 0.6 is 0 Å². The molecule has 12 rings (SSSR count). The van der Waals surface area contributed by atoms with Gasteiger partial charge in [-0.15, -0.1) is 0 Å². The van der Waals surface area contributed by atoms with E-state index in [4.69, 9.17) is 0 Å². The van der Waals surface area contributed by atoms with E-state index >= 15 is 0 Å². The lowest BCUT2D eigenvalue weighted by atomic mass is 9.98. The van der Waals surface area contributed by atoms with Gasteiger partial charge in [0.15, 0.2) is 0 Å².